The highest BCUT2D eigenvalue weighted by molar-refractivity contribution is 7.11. The molecule has 0 aliphatic carbocycles. The Morgan fingerprint density at radius 2 is 1.94 bits per heavy atom. The van der Waals surface area contributed by atoms with Crippen LogP contribution in [0.3, 0.4) is 0 Å². The van der Waals surface area contributed by atoms with Crippen LogP contribution in [0.4, 0.5) is 17.6 Å². The summed E-state index contributed by atoms with van der Waals surface area (Å²) < 4.78 is 51.1. The number of hydrogen-bond donors (Lipinski definition) is 1. The number of nitrogens with two attached hydrogens (primary N) is 1. The summed E-state index contributed by atoms with van der Waals surface area (Å²) in [5, 5.41) is -1.04. The SMILES string of the molecule is CC(C)C(F)(CN)c1cnc(C(F)(F)F)s1. The van der Waals surface area contributed by atoms with Gasteiger partial charge in [0, 0.05) is 12.7 Å². The molecule has 0 radical (unpaired) electrons. The smallest absolute Gasteiger partial charge is 0.327 e. The zero-order valence-corrected chi connectivity index (χ0v) is 9.62. The van der Waals surface area contributed by atoms with Crippen LogP contribution in [0.25, 0.3) is 0 Å². The summed E-state index contributed by atoms with van der Waals surface area (Å²) >= 11 is 0.309. The van der Waals surface area contributed by atoms with Gasteiger partial charge in [-0.05, 0) is 5.92 Å². The quantitative estimate of drug-likeness (QED) is 0.844. The van der Waals surface area contributed by atoms with Gasteiger partial charge in [-0.2, -0.15) is 13.2 Å². The van der Waals surface area contributed by atoms with E-state index >= 15 is 0 Å². The lowest BCUT2D eigenvalue weighted by Crippen LogP contribution is -2.34. The Bertz CT molecular complexity index is 361. The molecule has 1 aromatic rings. The molecule has 0 bridgehead atoms. The van der Waals surface area contributed by atoms with Crippen molar-refractivity contribution < 1.29 is 17.6 Å². The molecular formula is C9H12F4N2S. The highest BCUT2D eigenvalue weighted by Crippen LogP contribution is 2.40. The number of hydrogen-bond acceptors (Lipinski definition) is 3. The summed E-state index contributed by atoms with van der Waals surface area (Å²) in [4.78, 5) is 3.11. The lowest BCUT2D eigenvalue weighted by atomic mass is 9.91. The van der Waals surface area contributed by atoms with Gasteiger partial charge in [-0.1, -0.05) is 13.8 Å². The van der Waals surface area contributed by atoms with E-state index in [-0.39, 0.29) is 11.4 Å². The average Bonchev–Trinajstić information content (AvgIpc) is 2.64. The van der Waals surface area contributed by atoms with E-state index in [0.717, 1.165) is 6.20 Å². The molecule has 0 fully saturated rings. The monoisotopic (exact) mass is 256 g/mol. The molecule has 0 spiro atoms. The lowest BCUT2D eigenvalue weighted by Gasteiger charge is -2.25. The molecule has 0 aromatic carbocycles. The molecule has 7 heteroatoms. The van der Waals surface area contributed by atoms with Crippen molar-refractivity contribution in [3.63, 3.8) is 0 Å². The van der Waals surface area contributed by atoms with Gasteiger partial charge in [-0.15, -0.1) is 11.3 Å². The fraction of sp³-hybridized carbons (Fsp3) is 0.667. The van der Waals surface area contributed by atoms with E-state index in [0.29, 0.717) is 11.3 Å². The van der Waals surface area contributed by atoms with Gasteiger partial charge < -0.3 is 5.73 Å². The highest BCUT2D eigenvalue weighted by atomic mass is 32.1. The molecule has 1 unspecified atom stereocenters. The third-order valence-corrected chi connectivity index (χ3v) is 3.56. The lowest BCUT2D eigenvalue weighted by molar-refractivity contribution is -0.137. The van der Waals surface area contributed by atoms with Crippen LogP contribution < -0.4 is 5.73 Å². The maximum Gasteiger partial charge on any atom is 0.443 e. The zero-order chi connectivity index (χ0) is 12.6. The molecular weight excluding hydrogens is 244 g/mol. The van der Waals surface area contributed by atoms with Crippen molar-refractivity contribution >= 4 is 11.3 Å². The molecule has 0 aliphatic heterocycles. The fourth-order valence-electron chi connectivity index (χ4n) is 1.22. The second-order valence-corrected chi connectivity index (χ2v) is 4.78. The maximum atomic E-state index is 14.3. The second-order valence-electron chi connectivity index (χ2n) is 3.75. The van der Waals surface area contributed by atoms with Gasteiger partial charge in [0.2, 0.25) is 0 Å². The summed E-state index contributed by atoms with van der Waals surface area (Å²) in [6.45, 7) is 2.78. The van der Waals surface area contributed by atoms with Crippen LogP contribution in [0.15, 0.2) is 6.20 Å². The van der Waals surface area contributed by atoms with E-state index in [1.807, 2.05) is 0 Å². The van der Waals surface area contributed by atoms with Gasteiger partial charge >= 0.3 is 6.18 Å². The first-order chi connectivity index (χ1) is 7.21. The van der Waals surface area contributed by atoms with Crippen LogP contribution in [-0.4, -0.2) is 11.5 Å². The molecule has 0 saturated heterocycles. The number of thiazole rings is 1. The van der Waals surface area contributed by atoms with Crippen LogP contribution in [-0.2, 0) is 11.8 Å². The van der Waals surface area contributed by atoms with Crippen LogP contribution in [0, 0.1) is 5.92 Å². The fourth-order valence-corrected chi connectivity index (χ4v) is 2.24. The standard InChI is InChI=1S/C9H12F4N2S/c1-5(2)8(10,4-14)6-3-15-7(16-6)9(11,12)13/h3,5H,4,14H2,1-2H3. The Kier molecular flexibility index (Phi) is 3.59. The number of alkyl halides is 4. The minimum Gasteiger partial charge on any atom is -0.327 e. The van der Waals surface area contributed by atoms with E-state index in [9.17, 15) is 17.6 Å². The highest BCUT2D eigenvalue weighted by Gasteiger charge is 2.40. The molecule has 0 aliphatic rings. The molecule has 1 aromatic heterocycles. The van der Waals surface area contributed by atoms with Gasteiger partial charge in [-0.25, -0.2) is 9.37 Å². The van der Waals surface area contributed by atoms with Crippen LogP contribution >= 0.6 is 11.3 Å². The second kappa shape index (κ2) is 4.29. The van der Waals surface area contributed by atoms with Crippen molar-refractivity contribution in [2.24, 2.45) is 11.7 Å². The van der Waals surface area contributed by atoms with E-state index in [1.54, 1.807) is 13.8 Å². The van der Waals surface area contributed by atoms with Crippen molar-refractivity contribution in [2.75, 3.05) is 6.54 Å². The predicted octanol–water partition coefficient (Wildman–Crippen LogP) is 2.94. The first-order valence-electron chi connectivity index (χ1n) is 4.64. The summed E-state index contributed by atoms with van der Waals surface area (Å²) in [6.07, 6.45) is -3.62. The third kappa shape index (κ3) is 2.35. The van der Waals surface area contributed by atoms with Crippen LogP contribution in [0.1, 0.15) is 23.7 Å². The minimum absolute atomic E-state index is 0.0719. The molecule has 92 valence electrons. The Labute approximate surface area is 94.5 Å². The molecule has 16 heavy (non-hydrogen) atoms. The topological polar surface area (TPSA) is 38.9 Å². The summed E-state index contributed by atoms with van der Waals surface area (Å²) in [5.74, 6) is -0.501. The number of rotatable bonds is 3. The summed E-state index contributed by atoms with van der Waals surface area (Å²) in [5.41, 5.74) is 3.34. The van der Waals surface area contributed by atoms with Crippen molar-refractivity contribution in [1.82, 2.24) is 4.98 Å². The van der Waals surface area contributed by atoms with Crippen molar-refractivity contribution in [3.8, 4) is 0 Å². The first kappa shape index (κ1) is 13.4. The Hall–Kier alpha value is -0.690. The molecule has 1 rings (SSSR count). The van der Waals surface area contributed by atoms with E-state index in [2.05, 4.69) is 4.98 Å². The molecule has 2 nitrogen and oxygen atoms in total. The Balaban J connectivity index is 3.10. The Morgan fingerprint density at radius 3 is 2.25 bits per heavy atom. The van der Waals surface area contributed by atoms with Gasteiger partial charge in [0.1, 0.15) is 0 Å². The molecule has 0 amide bonds. The number of aromatic nitrogens is 1. The van der Waals surface area contributed by atoms with Crippen molar-refractivity contribution in [1.29, 1.82) is 0 Å². The molecule has 1 heterocycles. The Morgan fingerprint density at radius 1 is 1.38 bits per heavy atom. The van der Waals surface area contributed by atoms with Crippen LogP contribution in [0.2, 0.25) is 0 Å². The molecule has 2 N–H and O–H groups in total. The number of nitrogens with zero attached hydrogens (tertiary/aromatic N) is 1. The predicted molar refractivity (Wildman–Crippen MR) is 53.8 cm³/mol. The van der Waals surface area contributed by atoms with Gasteiger partial charge in [0.25, 0.3) is 0 Å². The zero-order valence-electron chi connectivity index (χ0n) is 8.81. The summed E-state index contributed by atoms with van der Waals surface area (Å²) in [6, 6.07) is 0. The first-order valence-corrected chi connectivity index (χ1v) is 5.46. The van der Waals surface area contributed by atoms with Crippen molar-refractivity contribution in [2.45, 2.75) is 25.7 Å². The van der Waals surface area contributed by atoms with E-state index < -0.39 is 22.8 Å². The largest absolute Gasteiger partial charge is 0.443 e. The van der Waals surface area contributed by atoms with E-state index in [4.69, 9.17) is 5.73 Å². The molecule has 1 atom stereocenters. The average molecular weight is 256 g/mol. The van der Waals surface area contributed by atoms with Crippen LogP contribution in [0.5, 0.6) is 0 Å². The van der Waals surface area contributed by atoms with Crippen molar-refractivity contribution in [3.05, 3.63) is 16.1 Å². The third-order valence-electron chi connectivity index (χ3n) is 2.37. The van der Waals surface area contributed by atoms with Gasteiger partial charge in [0.05, 0.1) is 4.88 Å². The molecule has 0 saturated carbocycles. The minimum atomic E-state index is -4.53. The van der Waals surface area contributed by atoms with E-state index in [1.165, 1.54) is 0 Å². The number of halogens is 4. The van der Waals surface area contributed by atoms with Gasteiger partial charge in [-0.3, -0.25) is 0 Å². The maximum absolute atomic E-state index is 14.3. The summed E-state index contributed by atoms with van der Waals surface area (Å²) in [7, 11) is 0. The van der Waals surface area contributed by atoms with Gasteiger partial charge in [0.15, 0.2) is 10.7 Å². The normalized spacial score (nSPS) is 16.5.